The molecular formula is C12H15F3N2O. The summed E-state index contributed by atoms with van der Waals surface area (Å²) in [5, 5.41) is 12.3. The maximum atomic E-state index is 12.6. The van der Waals surface area contributed by atoms with Crippen LogP contribution in [0.4, 0.5) is 19.0 Å². The molecule has 3 nitrogen and oxygen atoms in total. The summed E-state index contributed by atoms with van der Waals surface area (Å²) < 4.78 is 37.7. The molecule has 1 fully saturated rings. The Kier molecular flexibility index (Phi) is 3.47. The van der Waals surface area contributed by atoms with Crippen molar-refractivity contribution in [3.05, 3.63) is 23.9 Å². The summed E-state index contributed by atoms with van der Waals surface area (Å²) in [6, 6.07) is 1.92. The zero-order valence-corrected chi connectivity index (χ0v) is 9.80. The van der Waals surface area contributed by atoms with Crippen molar-refractivity contribution in [1.29, 1.82) is 0 Å². The molecule has 6 heteroatoms. The van der Waals surface area contributed by atoms with Crippen molar-refractivity contribution in [2.45, 2.75) is 37.4 Å². The highest BCUT2D eigenvalue weighted by molar-refractivity contribution is 5.41. The number of alkyl halides is 3. The molecule has 0 saturated heterocycles. The second-order valence-corrected chi connectivity index (χ2v) is 4.70. The van der Waals surface area contributed by atoms with E-state index in [0.29, 0.717) is 0 Å². The van der Waals surface area contributed by atoms with Gasteiger partial charge in [0.15, 0.2) is 0 Å². The molecule has 1 aliphatic rings. The molecule has 2 rings (SSSR count). The smallest absolute Gasteiger partial charge is 0.394 e. The topological polar surface area (TPSA) is 45.1 Å². The number of aliphatic hydroxyl groups excluding tert-OH is 1. The number of hydrogen-bond acceptors (Lipinski definition) is 3. The molecule has 1 aromatic rings. The second kappa shape index (κ2) is 4.76. The molecule has 0 bridgehead atoms. The second-order valence-electron chi connectivity index (χ2n) is 4.70. The van der Waals surface area contributed by atoms with Crippen molar-refractivity contribution in [2.75, 3.05) is 11.9 Å². The van der Waals surface area contributed by atoms with Gasteiger partial charge in [0.25, 0.3) is 0 Å². The van der Waals surface area contributed by atoms with Crippen molar-refractivity contribution in [2.24, 2.45) is 0 Å². The molecule has 0 spiro atoms. The Morgan fingerprint density at radius 2 is 2.00 bits per heavy atom. The predicted octanol–water partition coefficient (Wildman–Crippen LogP) is 2.82. The quantitative estimate of drug-likeness (QED) is 0.878. The molecule has 1 heterocycles. The zero-order chi connectivity index (χ0) is 13.2. The Hall–Kier alpha value is -1.30. The van der Waals surface area contributed by atoms with Gasteiger partial charge in [0.1, 0.15) is 5.82 Å². The average molecular weight is 260 g/mol. The van der Waals surface area contributed by atoms with E-state index in [4.69, 9.17) is 0 Å². The Morgan fingerprint density at radius 1 is 1.33 bits per heavy atom. The Labute approximate surface area is 103 Å². The van der Waals surface area contributed by atoms with Crippen LogP contribution in [0, 0.1) is 0 Å². The van der Waals surface area contributed by atoms with E-state index in [1.165, 1.54) is 0 Å². The molecule has 1 aromatic heterocycles. The van der Waals surface area contributed by atoms with E-state index in [9.17, 15) is 18.3 Å². The number of aromatic nitrogens is 1. The number of pyridine rings is 1. The highest BCUT2D eigenvalue weighted by Gasteiger charge is 2.35. The normalized spacial score (nSPS) is 18.9. The number of anilines is 1. The fourth-order valence-electron chi connectivity index (χ4n) is 2.32. The van der Waals surface area contributed by atoms with Crippen LogP contribution in [-0.4, -0.2) is 22.2 Å². The number of aliphatic hydroxyl groups is 1. The highest BCUT2D eigenvalue weighted by Crippen LogP contribution is 2.34. The number of hydrogen-bond donors (Lipinski definition) is 2. The lowest BCUT2D eigenvalue weighted by atomic mass is 9.99. The Morgan fingerprint density at radius 3 is 2.56 bits per heavy atom. The summed E-state index contributed by atoms with van der Waals surface area (Å²) in [6.07, 6.45) is 0.189. The van der Waals surface area contributed by atoms with Gasteiger partial charge in [-0.05, 0) is 25.0 Å². The lowest BCUT2D eigenvalue weighted by molar-refractivity contribution is -0.137. The molecule has 0 aromatic carbocycles. The van der Waals surface area contributed by atoms with Crippen LogP contribution in [0.5, 0.6) is 0 Å². The monoisotopic (exact) mass is 260 g/mol. The maximum absolute atomic E-state index is 12.6. The van der Waals surface area contributed by atoms with Gasteiger partial charge >= 0.3 is 6.18 Å². The van der Waals surface area contributed by atoms with Gasteiger partial charge in [0.05, 0.1) is 17.7 Å². The third kappa shape index (κ3) is 2.75. The number of rotatable bonds is 3. The minimum atomic E-state index is -4.37. The molecule has 0 amide bonds. The average Bonchev–Trinajstić information content (AvgIpc) is 2.77. The van der Waals surface area contributed by atoms with Crippen molar-refractivity contribution in [1.82, 2.24) is 4.98 Å². The predicted molar refractivity (Wildman–Crippen MR) is 61.1 cm³/mol. The van der Waals surface area contributed by atoms with Crippen LogP contribution in [-0.2, 0) is 6.18 Å². The highest BCUT2D eigenvalue weighted by atomic mass is 19.4. The van der Waals surface area contributed by atoms with Gasteiger partial charge in [-0.25, -0.2) is 4.98 Å². The lowest BCUT2D eigenvalue weighted by Crippen LogP contribution is -2.39. The van der Waals surface area contributed by atoms with Gasteiger partial charge in [-0.1, -0.05) is 12.8 Å². The Bertz CT molecular complexity index is 414. The third-order valence-corrected chi connectivity index (χ3v) is 3.34. The first-order chi connectivity index (χ1) is 8.45. The maximum Gasteiger partial charge on any atom is 0.416 e. The molecule has 0 atom stereocenters. The van der Waals surface area contributed by atoms with Crippen LogP contribution in [0.15, 0.2) is 18.3 Å². The molecule has 2 N–H and O–H groups in total. The van der Waals surface area contributed by atoms with Crippen LogP contribution in [0.2, 0.25) is 0 Å². The molecule has 0 aliphatic heterocycles. The van der Waals surface area contributed by atoms with E-state index in [2.05, 4.69) is 10.3 Å². The molecule has 1 saturated carbocycles. The minimum Gasteiger partial charge on any atom is -0.394 e. The van der Waals surface area contributed by atoms with Gasteiger partial charge in [0.2, 0.25) is 0 Å². The standard InChI is InChI=1S/C12H15F3N2O/c13-12(14,15)9-3-6-16-10(7-9)17-11(8-18)4-1-2-5-11/h3,6-7,18H,1-2,4-5,8H2,(H,16,17). The SMILES string of the molecule is OCC1(Nc2cc(C(F)(F)F)ccn2)CCCC1. The number of halogens is 3. The van der Waals surface area contributed by atoms with E-state index >= 15 is 0 Å². The van der Waals surface area contributed by atoms with E-state index in [1.807, 2.05) is 0 Å². The zero-order valence-electron chi connectivity index (χ0n) is 9.80. The van der Waals surface area contributed by atoms with Gasteiger partial charge in [-0.15, -0.1) is 0 Å². The first-order valence-electron chi connectivity index (χ1n) is 5.87. The van der Waals surface area contributed by atoms with Crippen molar-refractivity contribution < 1.29 is 18.3 Å². The summed E-state index contributed by atoms with van der Waals surface area (Å²) in [7, 11) is 0. The number of nitrogens with zero attached hydrogens (tertiary/aromatic N) is 1. The Balaban J connectivity index is 2.19. The van der Waals surface area contributed by atoms with Crippen molar-refractivity contribution >= 4 is 5.82 Å². The molecular weight excluding hydrogens is 245 g/mol. The van der Waals surface area contributed by atoms with Gasteiger partial charge in [0, 0.05) is 6.20 Å². The van der Waals surface area contributed by atoms with E-state index in [0.717, 1.165) is 44.0 Å². The van der Waals surface area contributed by atoms with E-state index < -0.39 is 17.3 Å². The van der Waals surface area contributed by atoms with E-state index in [-0.39, 0.29) is 12.4 Å². The minimum absolute atomic E-state index is 0.0923. The lowest BCUT2D eigenvalue weighted by Gasteiger charge is -2.28. The third-order valence-electron chi connectivity index (χ3n) is 3.34. The van der Waals surface area contributed by atoms with Gasteiger partial charge in [-0.2, -0.15) is 13.2 Å². The molecule has 18 heavy (non-hydrogen) atoms. The summed E-state index contributed by atoms with van der Waals surface area (Å²) in [4.78, 5) is 3.89. The van der Waals surface area contributed by atoms with Crippen LogP contribution in [0.3, 0.4) is 0 Å². The van der Waals surface area contributed by atoms with Gasteiger partial charge < -0.3 is 10.4 Å². The van der Waals surface area contributed by atoms with Crippen molar-refractivity contribution in [3.8, 4) is 0 Å². The molecule has 1 aliphatic carbocycles. The van der Waals surface area contributed by atoms with Crippen LogP contribution in [0.1, 0.15) is 31.2 Å². The summed E-state index contributed by atoms with van der Waals surface area (Å²) in [5.41, 5.74) is -1.25. The molecule has 100 valence electrons. The fraction of sp³-hybridized carbons (Fsp3) is 0.583. The molecule has 0 unspecified atom stereocenters. The number of nitrogens with one attached hydrogen (secondary N) is 1. The first kappa shape index (κ1) is 13.1. The fourth-order valence-corrected chi connectivity index (χ4v) is 2.32. The summed E-state index contributed by atoms with van der Waals surface area (Å²) >= 11 is 0. The van der Waals surface area contributed by atoms with Crippen LogP contribution >= 0.6 is 0 Å². The summed E-state index contributed by atoms with van der Waals surface area (Å²) in [6.45, 7) is -0.0923. The summed E-state index contributed by atoms with van der Waals surface area (Å²) in [5.74, 6) is 0.167. The van der Waals surface area contributed by atoms with Crippen LogP contribution in [0.25, 0.3) is 0 Å². The molecule has 0 radical (unpaired) electrons. The largest absolute Gasteiger partial charge is 0.416 e. The van der Waals surface area contributed by atoms with Crippen molar-refractivity contribution in [3.63, 3.8) is 0 Å². The van der Waals surface area contributed by atoms with Gasteiger partial charge in [-0.3, -0.25) is 0 Å². The van der Waals surface area contributed by atoms with Crippen LogP contribution < -0.4 is 5.32 Å². The first-order valence-corrected chi connectivity index (χ1v) is 5.87. The van der Waals surface area contributed by atoms with E-state index in [1.54, 1.807) is 0 Å².